The Morgan fingerprint density at radius 1 is 1.56 bits per heavy atom. The molecule has 0 bridgehead atoms. The number of hydrogen-bond donors (Lipinski definition) is 0. The summed E-state index contributed by atoms with van der Waals surface area (Å²) in [6.45, 7) is 4.95. The molecule has 0 saturated carbocycles. The minimum Gasteiger partial charge on any atom is -0.383 e. The first-order chi connectivity index (χ1) is 7.74. The lowest BCUT2D eigenvalue weighted by atomic mass is 10.2. The number of Topliss-reactive ketones (excluding diaryl/α,β-unsaturated/α-hetero) is 1. The zero-order valence-corrected chi connectivity index (χ0v) is 9.77. The molecule has 0 unspecified atom stereocenters. The van der Waals surface area contributed by atoms with E-state index in [1.165, 1.54) is 0 Å². The molecular weight excluding hydrogens is 206 g/mol. The normalized spacial score (nSPS) is 15.0. The van der Waals surface area contributed by atoms with Crippen LogP contribution in [0.25, 0.3) is 0 Å². The van der Waals surface area contributed by atoms with Crippen molar-refractivity contribution in [2.75, 3.05) is 31.7 Å². The molecule has 0 spiro atoms. The summed E-state index contributed by atoms with van der Waals surface area (Å²) in [5.74, 6) is 0.980. The number of nitrogens with zero attached hydrogens (tertiary/aromatic N) is 3. The van der Waals surface area contributed by atoms with Crippen molar-refractivity contribution < 1.29 is 9.53 Å². The summed E-state index contributed by atoms with van der Waals surface area (Å²) >= 11 is 0. The van der Waals surface area contributed by atoms with E-state index in [0.717, 1.165) is 31.9 Å². The Labute approximate surface area is 95.0 Å². The van der Waals surface area contributed by atoms with Crippen molar-refractivity contribution in [2.24, 2.45) is 0 Å². The van der Waals surface area contributed by atoms with Gasteiger partial charge in [-0.25, -0.2) is 4.98 Å². The molecule has 88 valence electrons. The van der Waals surface area contributed by atoms with Crippen LogP contribution in [0.2, 0.25) is 0 Å². The number of carbonyl (C=O) groups excluding carboxylic acids is 1. The van der Waals surface area contributed by atoms with Gasteiger partial charge in [-0.2, -0.15) is 0 Å². The molecule has 0 fully saturated rings. The molecule has 0 radical (unpaired) electrons. The molecule has 2 heterocycles. The molecule has 5 heteroatoms. The maximum Gasteiger partial charge on any atom is 0.181 e. The lowest BCUT2D eigenvalue weighted by Crippen LogP contribution is -2.35. The summed E-state index contributed by atoms with van der Waals surface area (Å²) in [7, 11) is 1.69. The Morgan fingerprint density at radius 3 is 3.06 bits per heavy atom. The van der Waals surface area contributed by atoms with Gasteiger partial charge in [-0.1, -0.05) is 0 Å². The van der Waals surface area contributed by atoms with Gasteiger partial charge in [0.2, 0.25) is 0 Å². The topological polar surface area (TPSA) is 47.4 Å². The van der Waals surface area contributed by atoms with Crippen molar-refractivity contribution in [2.45, 2.75) is 19.9 Å². The molecular formula is C11H17N3O2. The van der Waals surface area contributed by atoms with Gasteiger partial charge in [0.15, 0.2) is 5.78 Å². The summed E-state index contributed by atoms with van der Waals surface area (Å²) in [6, 6.07) is 0. The smallest absolute Gasteiger partial charge is 0.181 e. The number of aryl methyl sites for hydroxylation is 1. The highest BCUT2D eigenvalue weighted by Gasteiger charge is 2.23. The first-order valence-electron chi connectivity index (χ1n) is 5.54. The summed E-state index contributed by atoms with van der Waals surface area (Å²) in [5.41, 5.74) is 0.579. The summed E-state index contributed by atoms with van der Waals surface area (Å²) in [6.07, 6.45) is 2.84. The quantitative estimate of drug-likeness (QED) is 0.713. The highest BCUT2D eigenvalue weighted by Crippen LogP contribution is 2.24. The van der Waals surface area contributed by atoms with Gasteiger partial charge in [-0.15, -0.1) is 0 Å². The maximum atomic E-state index is 11.5. The third-order valence-corrected chi connectivity index (χ3v) is 2.84. The maximum absolute atomic E-state index is 11.5. The third kappa shape index (κ3) is 1.95. The van der Waals surface area contributed by atoms with E-state index in [1.54, 1.807) is 20.4 Å². The second kappa shape index (κ2) is 4.65. The molecule has 0 amide bonds. The summed E-state index contributed by atoms with van der Waals surface area (Å²) in [5, 5.41) is 0. The summed E-state index contributed by atoms with van der Waals surface area (Å²) < 4.78 is 7.13. The van der Waals surface area contributed by atoms with E-state index in [9.17, 15) is 4.79 Å². The fourth-order valence-corrected chi connectivity index (χ4v) is 2.08. The summed E-state index contributed by atoms with van der Waals surface area (Å²) in [4.78, 5) is 17.8. The number of imidazole rings is 1. The van der Waals surface area contributed by atoms with E-state index in [4.69, 9.17) is 4.74 Å². The number of anilines is 1. The molecule has 16 heavy (non-hydrogen) atoms. The molecule has 5 nitrogen and oxygen atoms in total. The molecule has 1 aliphatic rings. The van der Waals surface area contributed by atoms with Crippen LogP contribution in [-0.4, -0.2) is 42.1 Å². The molecule has 2 rings (SSSR count). The highest BCUT2D eigenvalue weighted by molar-refractivity contribution is 5.97. The van der Waals surface area contributed by atoms with Gasteiger partial charge in [0.25, 0.3) is 0 Å². The van der Waals surface area contributed by atoms with Crippen LogP contribution in [0, 0.1) is 0 Å². The fourth-order valence-electron chi connectivity index (χ4n) is 2.08. The monoisotopic (exact) mass is 223 g/mol. The zero-order chi connectivity index (χ0) is 11.5. The van der Waals surface area contributed by atoms with Crippen LogP contribution in [0.4, 0.5) is 5.82 Å². The Balaban J connectivity index is 2.27. The average Bonchev–Trinajstić information content (AvgIpc) is 2.70. The van der Waals surface area contributed by atoms with Crippen molar-refractivity contribution in [1.82, 2.24) is 9.55 Å². The Morgan fingerprint density at radius 2 is 2.38 bits per heavy atom. The van der Waals surface area contributed by atoms with Gasteiger partial charge in [0.1, 0.15) is 11.5 Å². The number of rotatable bonds is 4. The standard InChI is InChI=1S/C11H17N3O2/c1-9(15)10-11-13(6-7-16-2)4-3-5-14(11)8-12-10/h8H,3-7H2,1-2H3. The van der Waals surface area contributed by atoms with E-state index >= 15 is 0 Å². The predicted molar refractivity (Wildman–Crippen MR) is 60.9 cm³/mol. The van der Waals surface area contributed by atoms with E-state index in [1.807, 2.05) is 0 Å². The number of hydrogen-bond acceptors (Lipinski definition) is 4. The Hall–Kier alpha value is -1.36. The van der Waals surface area contributed by atoms with Gasteiger partial charge in [0.05, 0.1) is 12.9 Å². The van der Waals surface area contributed by atoms with Gasteiger partial charge in [-0.3, -0.25) is 4.79 Å². The van der Waals surface area contributed by atoms with Crippen LogP contribution in [-0.2, 0) is 11.3 Å². The Kier molecular flexibility index (Phi) is 3.24. The average molecular weight is 223 g/mol. The number of ketones is 1. The minimum atomic E-state index is 0.0260. The van der Waals surface area contributed by atoms with Crippen LogP contribution in [0.15, 0.2) is 6.33 Å². The fraction of sp³-hybridized carbons (Fsp3) is 0.636. The highest BCUT2D eigenvalue weighted by atomic mass is 16.5. The van der Waals surface area contributed by atoms with E-state index in [0.29, 0.717) is 12.3 Å². The largest absolute Gasteiger partial charge is 0.383 e. The molecule has 0 atom stereocenters. The molecule has 0 aliphatic carbocycles. The van der Waals surface area contributed by atoms with Crippen LogP contribution in [0.3, 0.4) is 0 Å². The predicted octanol–water partition coefficient (Wildman–Crippen LogP) is 0.942. The molecule has 1 aromatic rings. The van der Waals surface area contributed by atoms with Gasteiger partial charge < -0.3 is 14.2 Å². The second-order valence-electron chi connectivity index (χ2n) is 4.00. The van der Waals surface area contributed by atoms with Gasteiger partial charge >= 0.3 is 0 Å². The van der Waals surface area contributed by atoms with E-state index in [2.05, 4.69) is 14.5 Å². The van der Waals surface area contributed by atoms with Crippen LogP contribution < -0.4 is 4.90 Å². The van der Waals surface area contributed by atoms with Crippen LogP contribution in [0.1, 0.15) is 23.8 Å². The molecule has 0 aromatic carbocycles. The molecule has 0 N–H and O–H groups in total. The second-order valence-corrected chi connectivity index (χ2v) is 4.00. The molecule has 0 saturated heterocycles. The SMILES string of the molecule is COCCN1CCCn2cnc(C(C)=O)c21. The van der Waals surface area contributed by atoms with Gasteiger partial charge in [-0.05, 0) is 6.42 Å². The first kappa shape index (κ1) is 11.1. The van der Waals surface area contributed by atoms with Crippen molar-refractivity contribution in [3.63, 3.8) is 0 Å². The number of fused-ring (bicyclic) bond motifs is 1. The van der Waals surface area contributed by atoms with E-state index < -0.39 is 0 Å². The first-order valence-corrected chi connectivity index (χ1v) is 5.54. The lowest BCUT2D eigenvalue weighted by molar-refractivity contribution is 0.101. The van der Waals surface area contributed by atoms with Crippen LogP contribution in [0.5, 0.6) is 0 Å². The number of aromatic nitrogens is 2. The zero-order valence-electron chi connectivity index (χ0n) is 9.77. The molecule has 1 aromatic heterocycles. The lowest BCUT2D eigenvalue weighted by Gasteiger charge is -2.30. The van der Waals surface area contributed by atoms with Crippen molar-refractivity contribution >= 4 is 11.6 Å². The third-order valence-electron chi connectivity index (χ3n) is 2.84. The Bertz CT molecular complexity index is 387. The van der Waals surface area contributed by atoms with Crippen molar-refractivity contribution in [3.05, 3.63) is 12.0 Å². The van der Waals surface area contributed by atoms with Gasteiger partial charge in [0, 0.05) is 33.7 Å². The van der Waals surface area contributed by atoms with Crippen molar-refractivity contribution in [3.8, 4) is 0 Å². The molecule has 1 aliphatic heterocycles. The number of methoxy groups -OCH3 is 1. The van der Waals surface area contributed by atoms with E-state index in [-0.39, 0.29) is 5.78 Å². The number of ether oxygens (including phenoxy) is 1. The van der Waals surface area contributed by atoms with Crippen molar-refractivity contribution in [1.29, 1.82) is 0 Å². The number of carbonyl (C=O) groups is 1. The van der Waals surface area contributed by atoms with Crippen LogP contribution >= 0.6 is 0 Å². The minimum absolute atomic E-state index is 0.0260.